The molecule has 0 spiro atoms. The molecule has 12 heavy (non-hydrogen) atoms. The molecule has 0 amide bonds. The molecule has 0 atom stereocenters. The van der Waals surface area contributed by atoms with E-state index in [1.807, 2.05) is 12.3 Å². The van der Waals surface area contributed by atoms with Crippen molar-refractivity contribution in [2.75, 3.05) is 0 Å². The average Bonchev–Trinajstić information content (AvgIpc) is 2.03. The van der Waals surface area contributed by atoms with E-state index in [1.54, 1.807) is 0 Å². The van der Waals surface area contributed by atoms with Crippen LogP contribution in [0.4, 0.5) is 0 Å². The highest BCUT2D eigenvalue weighted by molar-refractivity contribution is 9.10. The van der Waals surface area contributed by atoms with Crippen LogP contribution in [0, 0.1) is 0 Å². The first-order chi connectivity index (χ1) is 5.66. The molecule has 0 aliphatic carbocycles. The maximum absolute atomic E-state index is 4.30. The van der Waals surface area contributed by atoms with Crippen LogP contribution in [-0.4, -0.2) is 4.98 Å². The zero-order valence-corrected chi connectivity index (χ0v) is 10.3. The molecular weight excluding hydrogens is 282 g/mol. The molecule has 1 nitrogen and oxygen atoms in total. The maximum atomic E-state index is 4.30. The van der Waals surface area contributed by atoms with Gasteiger partial charge in [-0.1, -0.05) is 45.7 Å². The van der Waals surface area contributed by atoms with Gasteiger partial charge < -0.3 is 0 Å². The minimum Gasteiger partial charge on any atom is -0.260 e. The summed E-state index contributed by atoms with van der Waals surface area (Å²) in [6.45, 7) is 4.35. The Morgan fingerprint density at radius 2 is 2.17 bits per heavy atom. The van der Waals surface area contributed by atoms with Gasteiger partial charge in [0.15, 0.2) is 0 Å². The summed E-state index contributed by atoms with van der Waals surface area (Å²) in [4.78, 5) is 4.30. The number of pyridine rings is 1. The van der Waals surface area contributed by atoms with Crippen LogP contribution in [0.1, 0.15) is 31.0 Å². The molecule has 0 unspecified atom stereocenters. The number of alkyl halides is 1. The highest BCUT2D eigenvalue weighted by atomic mass is 79.9. The van der Waals surface area contributed by atoms with Crippen molar-refractivity contribution in [3.8, 4) is 0 Å². The predicted molar refractivity (Wildman–Crippen MR) is 58.7 cm³/mol. The molecule has 0 aromatic carbocycles. The smallest absolute Gasteiger partial charge is 0.0554 e. The summed E-state index contributed by atoms with van der Waals surface area (Å²) in [5.74, 6) is 0.514. The molecule has 0 N–H and O–H groups in total. The van der Waals surface area contributed by atoms with E-state index in [0.717, 1.165) is 15.5 Å². The van der Waals surface area contributed by atoms with Crippen molar-refractivity contribution < 1.29 is 0 Å². The molecule has 0 radical (unpaired) electrons. The van der Waals surface area contributed by atoms with Gasteiger partial charge in [0.1, 0.15) is 0 Å². The minimum atomic E-state index is 0.514. The van der Waals surface area contributed by atoms with Gasteiger partial charge in [-0.25, -0.2) is 0 Å². The molecular formula is C9H11Br2N. The molecule has 0 bridgehead atoms. The SMILES string of the molecule is CC(C)c1c(Br)ccnc1CBr. The minimum absolute atomic E-state index is 0.514. The summed E-state index contributed by atoms with van der Waals surface area (Å²) in [6, 6.07) is 1.99. The third-order valence-electron chi connectivity index (χ3n) is 1.72. The molecule has 0 saturated heterocycles. The lowest BCUT2D eigenvalue weighted by Gasteiger charge is -2.11. The maximum Gasteiger partial charge on any atom is 0.0554 e. The van der Waals surface area contributed by atoms with E-state index < -0.39 is 0 Å². The lowest BCUT2D eigenvalue weighted by atomic mass is 10.0. The first-order valence-electron chi connectivity index (χ1n) is 3.86. The van der Waals surface area contributed by atoms with Crippen LogP contribution < -0.4 is 0 Å². The second kappa shape index (κ2) is 4.38. The van der Waals surface area contributed by atoms with E-state index in [1.165, 1.54) is 5.56 Å². The molecule has 0 saturated carbocycles. The Balaban J connectivity index is 3.20. The van der Waals surface area contributed by atoms with Gasteiger partial charge in [-0.3, -0.25) is 4.98 Å². The van der Waals surface area contributed by atoms with Gasteiger partial charge in [-0.15, -0.1) is 0 Å². The fourth-order valence-electron chi connectivity index (χ4n) is 1.21. The number of nitrogens with zero attached hydrogens (tertiary/aromatic N) is 1. The molecule has 1 aromatic heterocycles. The molecule has 1 rings (SSSR count). The number of rotatable bonds is 2. The van der Waals surface area contributed by atoms with Crippen molar-refractivity contribution in [3.63, 3.8) is 0 Å². The topological polar surface area (TPSA) is 12.9 Å². The van der Waals surface area contributed by atoms with Crippen molar-refractivity contribution in [2.45, 2.75) is 25.1 Å². The first kappa shape index (κ1) is 10.2. The van der Waals surface area contributed by atoms with E-state index in [0.29, 0.717) is 5.92 Å². The Morgan fingerprint density at radius 1 is 1.50 bits per heavy atom. The second-order valence-corrected chi connectivity index (χ2v) is 4.36. The lowest BCUT2D eigenvalue weighted by molar-refractivity contribution is 0.834. The molecule has 3 heteroatoms. The van der Waals surface area contributed by atoms with Gasteiger partial charge in [0.25, 0.3) is 0 Å². The molecule has 1 aromatic rings. The largest absolute Gasteiger partial charge is 0.260 e. The van der Waals surface area contributed by atoms with Crippen molar-refractivity contribution >= 4 is 31.9 Å². The number of hydrogen-bond donors (Lipinski definition) is 0. The van der Waals surface area contributed by atoms with Crippen LogP contribution in [-0.2, 0) is 5.33 Å². The van der Waals surface area contributed by atoms with Crippen LogP contribution >= 0.6 is 31.9 Å². The third-order valence-corrected chi connectivity index (χ3v) is 2.95. The van der Waals surface area contributed by atoms with Crippen LogP contribution in [0.5, 0.6) is 0 Å². The molecule has 66 valence electrons. The van der Waals surface area contributed by atoms with Gasteiger partial charge in [0, 0.05) is 16.0 Å². The molecule has 0 aliphatic rings. The standard InChI is InChI=1S/C9H11Br2N/c1-6(2)9-7(11)3-4-12-8(9)5-10/h3-4,6H,5H2,1-2H3. The van der Waals surface area contributed by atoms with Crippen LogP contribution in [0.25, 0.3) is 0 Å². The fraction of sp³-hybridized carbons (Fsp3) is 0.444. The zero-order chi connectivity index (χ0) is 9.14. The molecule has 0 fully saturated rings. The zero-order valence-electron chi connectivity index (χ0n) is 7.14. The van der Waals surface area contributed by atoms with Gasteiger partial charge in [-0.2, -0.15) is 0 Å². The number of aromatic nitrogens is 1. The van der Waals surface area contributed by atoms with Gasteiger partial charge in [-0.05, 0) is 17.5 Å². The van der Waals surface area contributed by atoms with Crippen molar-refractivity contribution in [3.05, 3.63) is 28.0 Å². The normalized spacial score (nSPS) is 10.8. The first-order valence-corrected chi connectivity index (χ1v) is 5.77. The summed E-state index contributed by atoms with van der Waals surface area (Å²) in [6.07, 6.45) is 1.83. The van der Waals surface area contributed by atoms with E-state index in [4.69, 9.17) is 0 Å². The van der Waals surface area contributed by atoms with Crippen LogP contribution in [0.15, 0.2) is 16.7 Å². The van der Waals surface area contributed by atoms with Gasteiger partial charge in [0.05, 0.1) is 5.69 Å². The van der Waals surface area contributed by atoms with Crippen molar-refractivity contribution in [1.82, 2.24) is 4.98 Å². The lowest BCUT2D eigenvalue weighted by Crippen LogP contribution is -1.98. The summed E-state index contributed by atoms with van der Waals surface area (Å²) in [7, 11) is 0. The van der Waals surface area contributed by atoms with Crippen molar-refractivity contribution in [2.24, 2.45) is 0 Å². The van der Waals surface area contributed by atoms with E-state index in [-0.39, 0.29) is 0 Å². The van der Waals surface area contributed by atoms with Crippen molar-refractivity contribution in [1.29, 1.82) is 0 Å². The molecule has 0 aliphatic heterocycles. The summed E-state index contributed by atoms with van der Waals surface area (Å²) >= 11 is 6.96. The van der Waals surface area contributed by atoms with Gasteiger partial charge >= 0.3 is 0 Å². The quantitative estimate of drug-likeness (QED) is 0.754. The Morgan fingerprint density at radius 3 is 2.58 bits per heavy atom. The Bertz CT molecular complexity index is 271. The third kappa shape index (κ3) is 2.07. The van der Waals surface area contributed by atoms with E-state index >= 15 is 0 Å². The summed E-state index contributed by atoms with van der Waals surface area (Å²) in [5.41, 5.74) is 2.42. The van der Waals surface area contributed by atoms with E-state index in [2.05, 4.69) is 50.7 Å². The van der Waals surface area contributed by atoms with Crippen LogP contribution in [0.3, 0.4) is 0 Å². The second-order valence-electron chi connectivity index (χ2n) is 2.94. The highest BCUT2D eigenvalue weighted by Gasteiger charge is 2.09. The Labute approximate surface area is 89.8 Å². The number of hydrogen-bond acceptors (Lipinski definition) is 1. The Hall–Kier alpha value is 0.110. The Kier molecular flexibility index (Phi) is 3.72. The predicted octanol–water partition coefficient (Wildman–Crippen LogP) is 3.86. The monoisotopic (exact) mass is 291 g/mol. The molecule has 1 heterocycles. The highest BCUT2D eigenvalue weighted by Crippen LogP contribution is 2.27. The number of halogens is 2. The average molecular weight is 293 g/mol. The van der Waals surface area contributed by atoms with E-state index in [9.17, 15) is 0 Å². The van der Waals surface area contributed by atoms with Gasteiger partial charge in [0.2, 0.25) is 0 Å². The summed E-state index contributed by atoms with van der Waals surface area (Å²) < 4.78 is 1.15. The fourth-order valence-corrected chi connectivity index (χ4v) is 2.46. The van der Waals surface area contributed by atoms with Crippen LogP contribution in [0.2, 0.25) is 0 Å². The summed E-state index contributed by atoms with van der Waals surface area (Å²) in [5, 5.41) is 0.819.